The molecule has 1 aliphatic heterocycles. The van der Waals surface area contributed by atoms with Crippen LogP contribution in [0.1, 0.15) is 23.6 Å². The van der Waals surface area contributed by atoms with Crippen molar-refractivity contribution in [3.05, 3.63) is 94.5 Å². The third-order valence-corrected chi connectivity index (χ3v) is 5.68. The number of hydrogen-bond donors (Lipinski definition) is 1. The minimum atomic E-state index is -0.660. The van der Waals surface area contributed by atoms with Gasteiger partial charge in [0.15, 0.2) is 0 Å². The van der Waals surface area contributed by atoms with E-state index < -0.39 is 17.7 Å². The summed E-state index contributed by atoms with van der Waals surface area (Å²) in [6.45, 7) is 1.07. The molecule has 0 spiro atoms. The van der Waals surface area contributed by atoms with E-state index in [-0.39, 0.29) is 11.3 Å². The Balaban J connectivity index is 1.71. The lowest BCUT2D eigenvalue weighted by molar-refractivity contribution is -0.139. The molecular formula is C23H20BrN3O3. The molecule has 2 aromatic carbocycles. The van der Waals surface area contributed by atoms with Crippen LogP contribution in [0.4, 0.5) is 0 Å². The standard InChI is InChI=1S/C23H20BrN3O3/c24-18-9-7-17(8-10-18)21(28)19-20(16-5-2-1-3-6-16)27(23(30)22(19)29)13-4-12-26-14-11-25-15-26/h1-3,5-11,14-15,20,28H,4,12-13H2/b21-19+/t20-/m1/s1. The van der Waals surface area contributed by atoms with Gasteiger partial charge in [0.2, 0.25) is 0 Å². The van der Waals surface area contributed by atoms with E-state index >= 15 is 0 Å². The number of carbonyl (C=O) groups is 2. The lowest BCUT2D eigenvalue weighted by Crippen LogP contribution is -2.31. The molecular weight excluding hydrogens is 446 g/mol. The van der Waals surface area contributed by atoms with Crippen molar-refractivity contribution in [3.63, 3.8) is 0 Å². The highest BCUT2D eigenvalue weighted by Crippen LogP contribution is 2.39. The van der Waals surface area contributed by atoms with Crippen molar-refractivity contribution < 1.29 is 14.7 Å². The number of likely N-dealkylation sites (tertiary alicyclic amines) is 1. The van der Waals surface area contributed by atoms with E-state index in [9.17, 15) is 14.7 Å². The smallest absolute Gasteiger partial charge is 0.295 e. The van der Waals surface area contributed by atoms with Gasteiger partial charge in [0.1, 0.15) is 5.76 Å². The van der Waals surface area contributed by atoms with Gasteiger partial charge in [0.05, 0.1) is 17.9 Å². The number of ketones is 1. The Morgan fingerprint density at radius 3 is 2.43 bits per heavy atom. The largest absolute Gasteiger partial charge is 0.507 e. The van der Waals surface area contributed by atoms with E-state index in [1.807, 2.05) is 41.1 Å². The van der Waals surface area contributed by atoms with Crippen molar-refractivity contribution in [2.24, 2.45) is 0 Å². The van der Waals surface area contributed by atoms with Crippen LogP contribution in [0.3, 0.4) is 0 Å². The minimum Gasteiger partial charge on any atom is -0.507 e. The second-order valence-corrected chi connectivity index (χ2v) is 7.98. The Hall–Kier alpha value is -3.19. The molecule has 3 aromatic rings. The van der Waals surface area contributed by atoms with Crippen molar-refractivity contribution in [3.8, 4) is 0 Å². The molecule has 30 heavy (non-hydrogen) atoms. The molecule has 1 fully saturated rings. The summed E-state index contributed by atoms with van der Waals surface area (Å²) in [7, 11) is 0. The highest BCUT2D eigenvalue weighted by molar-refractivity contribution is 9.10. The number of Topliss-reactive ketones (excluding diaryl/α,β-unsaturated/α-hetero) is 1. The van der Waals surface area contributed by atoms with Gasteiger partial charge in [-0.15, -0.1) is 0 Å². The summed E-state index contributed by atoms with van der Waals surface area (Å²) in [6, 6.07) is 15.7. The summed E-state index contributed by atoms with van der Waals surface area (Å²) in [5.74, 6) is -1.41. The molecule has 1 saturated heterocycles. The Bertz CT molecular complexity index is 1080. The van der Waals surface area contributed by atoms with Crippen molar-refractivity contribution >= 4 is 33.4 Å². The van der Waals surface area contributed by atoms with Crippen LogP contribution in [0.2, 0.25) is 0 Å². The Morgan fingerprint density at radius 2 is 1.77 bits per heavy atom. The van der Waals surface area contributed by atoms with Gasteiger partial charge >= 0.3 is 0 Å². The van der Waals surface area contributed by atoms with Crippen LogP contribution in [0, 0.1) is 0 Å². The number of amides is 1. The molecule has 0 saturated carbocycles. The van der Waals surface area contributed by atoms with Crippen LogP contribution in [0.15, 0.2) is 83.4 Å². The Labute approximate surface area is 182 Å². The number of aromatic nitrogens is 2. The van der Waals surface area contributed by atoms with Crippen LogP contribution in [-0.4, -0.2) is 37.8 Å². The average molecular weight is 466 g/mol. The number of rotatable bonds is 6. The van der Waals surface area contributed by atoms with E-state index in [1.165, 1.54) is 0 Å². The first-order valence-corrected chi connectivity index (χ1v) is 10.4. The number of aliphatic hydroxyl groups excluding tert-OH is 1. The number of halogens is 1. The van der Waals surface area contributed by atoms with Gasteiger partial charge in [-0.2, -0.15) is 0 Å². The average Bonchev–Trinajstić information content (AvgIpc) is 3.37. The van der Waals surface area contributed by atoms with E-state index in [4.69, 9.17) is 0 Å². The van der Waals surface area contributed by atoms with Gasteiger partial charge in [-0.05, 0) is 24.1 Å². The number of carbonyl (C=O) groups excluding carboxylic acids is 2. The molecule has 6 nitrogen and oxygen atoms in total. The predicted molar refractivity (Wildman–Crippen MR) is 116 cm³/mol. The lowest BCUT2D eigenvalue weighted by Gasteiger charge is -2.25. The molecule has 152 valence electrons. The van der Waals surface area contributed by atoms with Crippen molar-refractivity contribution in [1.82, 2.24) is 14.5 Å². The van der Waals surface area contributed by atoms with E-state index in [0.717, 1.165) is 10.0 Å². The molecule has 1 amide bonds. The maximum atomic E-state index is 12.9. The molecule has 0 bridgehead atoms. The van der Waals surface area contributed by atoms with Gasteiger partial charge in [-0.25, -0.2) is 4.98 Å². The molecule has 1 N–H and O–H groups in total. The molecule has 0 aliphatic carbocycles. The number of aliphatic hydroxyl groups is 1. The van der Waals surface area contributed by atoms with Crippen LogP contribution in [0.25, 0.3) is 5.76 Å². The Kier molecular flexibility index (Phi) is 5.81. The van der Waals surface area contributed by atoms with Crippen LogP contribution < -0.4 is 0 Å². The molecule has 0 unspecified atom stereocenters. The number of hydrogen-bond acceptors (Lipinski definition) is 4. The van der Waals surface area contributed by atoms with Crippen molar-refractivity contribution in [2.45, 2.75) is 19.0 Å². The number of benzene rings is 2. The van der Waals surface area contributed by atoms with Crippen LogP contribution in [-0.2, 0) is 16.1 Å². The maximum absolute atomic E-state index is 12.9. The Morgan fingerprint density at radius 1 is 1.03 bits per heavy atom. The van der Waals surface area contributed by atoms with Crippen LogP contribution in [0.5, 0.6) is 0 Å². The van der Waals surface area contributed by atoms with Gasteiger partial charge < -0.3 is 14.6 Å². The fraction of sp³-hybridized carbons (Fsp3) is 0.174. The maximum Gasteiger partial charge on any atom is 0.295 e. The van der Waals surface area contributed by atoms with Crippen molar-refractivity contribution in [1.29, 1.82) is 0 Å². The quantitative estimate of drug-likeness (QED) is 0.337. The second kappa shape index (κ2) is 8.67. The zero-order valence-electron chi connectivity index (χ0n) is 16.1. The molecule has 1 atom stereocenters. The van der Waals surface area contributed by atoms with E-state index in [0.29, 0.717) is 25.1 Å². The first-order chi connectivity index (χ1) is 14.6. The van der Waals surface area contributed by atoms with E-state index in [2.05, 4.69) is 20.9 Å². The summed E-state index contributed by atoms with van der Waals surface area (Å²) in [4.78, 5) is 31.4. The molecule has 1 aliphatic rings. The van der Waals surface area contributed by atoms with Gasteiger partial charge in [-0.1, -0.05) is 58.4 Å². The third-order valence-electron chi connectivity index (χ3n) is 5.15. The predicted octanol–water partition coefficient (Wildman–Crippen LogP) is 4.16. The van der Waals surface area contributed by atoms with Gasteiger partial charge in [0, 0.05) is 35.5 Å². The van der Waals surface area contributed by atoms with Gasteiger partial charge in [0.25, 0.3) is 11.7 Å². The number of nitrogens with zero attached hydrogens (tertiary/aromatic N) is 3. The number of imidazole rings is 1. The fourth-order valence-electron chi connectivity index (χ4n) is 3.70. The van der Waals surface area contributed by atoms with E-state index in [1.54, 1.807) is 41.7 Å². The minimum absolute atomic E-state index is 0.121. The molecule has 7 heteroatoms. The first kappa shape index (κ1) is 20.1. The summed E-state index contributed by atoms with van der Waals surface area (Å²) >= 11 is 3.37. The summed E-state index contributed by atoms with van der Waals surface area (Å²) < 4.78 is 2.79. The summed E-state index contributed by atoms with van der Waals surface area (Å²) in [5, 5.41) is 11.0. The summed E-state index contributed by atoms with van der Waals surface area (Å²) in [6.07, 6.45) is 5.94. The first-order valence-electron chi connectivity index (χ1n) is 9.61. The monoisotopic (exact) mass is 465 g/mol. The summed E-state index contributed by atoms with van der Waals surface area (Å²) in [5.41, 5.74) is 1.41. The highest BCUT2D eigenvalue weighted by Gasteiger charge is 2.45. The van der Waals surface area contributed by atoms with Crippen LogP contribution >= 0.6 is 15.9 Å². The molecule has 1 aromatic heterocycles. The number of aryl methyl sites for hydroxylation is 1. The molecule has 4 rings (SSSR count). The lowest BCUT2D eigenvalue weighted by atomic mass is 9.95. The fourth-order valence-corrected chi connectivity index (χ4v) is 3.96. The second-order valence-electron chi connectivity index (χ2n) is 7.06. The normalized spacial score (nSPS) is 18.2. The molecule has 2 heterocycles. The highest BCUT2D eigenvalue weighted by atomic mass is 79.9. The SMILES string of the molecule is O=C1C(=O)N(CCCn2ccnc2)[C@H](c2ccccc2)/C1=C(\O)c1ccc(Br)cc1. The third kappa shape index (κ3) is 3.93. The zero-order valence-corrected chi connectivity index (χ0v) is 17.7. The zero-order chi connectivity index (χ0) is 21.1. The van der Waals surface area contributed by atoms with Crippen molar-refractivity contribution in [2.75, 3.05) is 6.54 Å². The topological polar surface area (TPSA) is 75.4 Å². The van der Waals surface area contributed by atoms with Gasteiger partial charge in [-0.3, -0.25) is 9.59 Å². The molecule has 0 radical (unpaired) electrons.